The van der Waals surface area contributed by atoms with Crippen molar-refractivity contribution in [2.75, 3.05) is 26.2 Å². The van der Waals surface area contributed by atoms with Crippen molar-refractivity contribution in [3.63, 3.8) is 0 Å². The SMILES string of the molecule is COc1ccc(/C=C2\Sc3ccc(C(=O)N[C@@H]4CCC[C@@H](C)[C@@H]4C)cc3N(C)C2=O)cc1OC. The summed E-state index contributed by atoms with van der Waals surface area (Å²) in [5, 5.41) is 3.23. The molecule has 1 aliphatic heterocycles. The highest BCUT2D eigenvalue weighted by molar-refractivity contribution is 8.04. The molecule has 0 saturated heterocycles. The Bertz CT molecular complexity index is 1130. The Morgan fingerprint density at radius 2 is 1.85 bits per heavy atom. The van der Waals surface area contributed by atoms with Gasteiger partial charge in [0.25, 0.3) is 11.8 Å². The number of thioether (sulfide) groups is 1. The van der Waals surface area contributed by atoms with Crippen LogP contribution in [0.3, 0.4) is 0 Å². The molecule has 2 amide bonds. The van der Waals surface area contributed by atoms with Gasteiger partial charge in [-0.05, 0) is 60.2 Å². The van der Waals surface area contributed by atoms with E-state index in [2.05, 4.69) is 19.2 Å². The van der Waals surface area contributed by atoms with Crippen LogP contribution in [0.4, 0.5) is 5.69 Å². The molecule has 6 nitrogen and oxygen atoms in total. The molecule has 2 aliphatic rings. The first-order valence-corrected chi connectivity index (χ1v) is 12.5. The number of ether oxygens (including phenoxy) is 2. The number of carbonyl (C=O) groups excluding carboxylic acids is 2. The second-order valence-electron chi connectivity index (χ2n) is 9.12. The molecule has 0 spiro atoms. The summed E-state index contributed by atoms with van der Waals surface area (Å²) in [7, 11) is 4.92. The third kappa shape index (κ3) is 4.80. The highest BCUT2D eigenvalue weighted by atomic mass is 32.2. The fourth-order valence-corrected chi connectivity index (χ4v) is 5.76. The normalized spacial score (nSPS) is 23.4. The molecule has 1 aliphatic carbocycles. The number of hydrogen-bond acceptors (Lipinski definition) is 5. The van der Waals surface area contributed by atoms with Gasteiger partial charge in [-0.25, -0.2) is 0 Å². The van der Waals surface area contributed by atoms with Crippen LogP contribution < -0.4 is 19.7 Å². The molecule has 180 valence electrons. The van der Waals surface area contributed by atoms with E-state index in [1.54, 1.807) is 26.2 Å². The van der Waals surface area contributed by atoms with E-state index >= 15 is 0 Å². The van der Waals surface area contributed by atoms with E-state index in [-0.39, 0.29) is 17.9 Å². The van der Waals surface area contributed by atoms with E-state index in [1.807, 2.05) is 42.5 Å². The number of benzene rings is 2. The van der Waals surface area contributed by atoms with Gasteiger partial charge in [0.2, 0.25) is 0 Å². The number of rotatable bonds is 5. The molecule has 0 bridgehead atoms. The van der Waals surface area contributed by atoms with E-state index in [4.69, 9.17) is 9.47 Å². The molecule has 3 atom stereocenters. The Morgan fingerprint density at radius 3 is 2.59 bits per heavy atom. The second-order valence-corrected chi connectivity index (χ2v) is 10.2. The minimum absolute atomic E-state index is 0.0775. The van der Waals surface area contributed by atoms with Gasteiger partial charge < -0.3 is 19.7 Å². The first kappa shape index (κ1) is 24.2. The number of fused-ring (bicyclic) bond motifs is 1. The molecule has 1 saturated carbocycles. The molecule has 7 heteroatoms. The van der Waals surface area contributed by atoms with Gasteiger partial charge in [0.1, 0.15) is 0 Å². The third-order valence-electron chi connectivity index (χ3n) is 7.05. The van der Waals surface area contributed by atoms with Gasteiger partial charge >= 0.3 is 0 Å². The molecule has 1 heterocycles. The molecule has 4 rings (SSSR count). The number of nitrogens with one attached hydrogen (secondary N) is 1. The Labute approximate surface area is 205 Å². The lowest BCUT2D eigenvalue weighted by Gasteiger charge is -2.34. The molecule has 2 aromatic rings. The predicted molar refractivity (Wildman–Crippen MR) is 137 cm³/mol. The average Bonchev–Trinajstić information content (AvgIpc) is 2.84. The van der Waals surface area contributed by atoms with Crippen molar-refractivity contribution in [1.29, 1.82) is 0 Å². The fourth-order valence-electron chi connectivity index (χ4n) is 4.67. The highest BCUT2D eigenvalue weighted by Gasteiger charge is 2.30. The van der Waals surface area contributed by atoms with E-state index in [1.165, 1.54) is 18.2 Å². The topological polar surface area (TPSA) is 67.9 Å². The Kier molecular flexibility index (Phi) is 7.22. The third-order valence-corrected chi connectivity index (χ3v) is 8.12. The van der Waals surface area contributed by atoms with Crippen LogP contribution in [0.5, 0.6) is 11.5 Å². The van der Waals surface area contributed by atoms with Crippen molar-refractivity contribution < 1.29 is 19.1 Å². The summed E-state index contributed by atoms with van der Waals surface area (Å²) in [6.45, 7) is 4.48. The van der Waals surface area contributed by atoms with Gasteiger partial charge in [0, 0.05) is 23.5 Å². The van der Waals surface area contributed by atoms with E-state index < -0.39 is 0 Å². The summed E-state index contributed by atoms with van der Waals surface area (Å²) in [5.41, 5.74) is 2.17. The van der Waals surface area contributed by atoms with E-state index in [0.29, 0.717) is 33.8 Å². The van der Waals surface area contributed by atoms with Crippen molar-refractivity contribution in [2.24, 2.45) is 11.8 Å². The highest BCUT2D eigenvalue weighted by Crippen LogP contribution is 2.42. The van der Waals surface area contributed by atoms with Crippen LogP contribution in [0, 0.1) is 11.8 Å². The number of carbonyl (C=O) groups is 2. The first-order valence-electron chi connectivity index (χ1n) is 11.7. The number of amides is 2. The second kappa shape index (κ2) is 10.1. The smallest absolute Gasteiger partial charge is 0.264 e. The summed E-state index contributed by atoms with van der Waals surface area (Å²) < 4.78 is 10.7. The lowest BCUT2D eigenvalue weighted by atomic mass is 9.78. The van der Waals surface area contributed by atoms with Crippen LogP contribution in [-0.2, 0) is 4.79 Å². The van der Waals surface area contributed by atoms with Gasteiger partial charge in [-0.1, -0.05) is 44.5 Å². The zero-order valence-corrected chi connectivity index (χ0v) is 21.2. The summed E-state index contributed by atoms with van der Waals surface area (Å²) >= 11 is 1.41. The molecule has 0 aromatic heterocycles. The number of methoxy groups -OCH3 is 2. The number of likely N-dealkylation sites (N-methyl/N-ethyl adjacent to an activating group) is 1. The Balaban J connectivity index is 1.55. The quantitative estimate of drug-likeness (QED) is 0.583. The van der Waals surface area contributed by atoms with Crippen molar-refractivity contribution in [3.05, 3.63) is 52.4 Å². The minimum Gasteiger partial charge on any atom is -0.493 e. The predicted octanol–water partition coefficient (Wildman–Crippen LogP) is 5.37. The van der Waals surface area contributed by atoms with Crippen molar-refractivity contribution in [3.8, 4) is 11.5 Å². The zero-order chi connectivity index (χ0) is 24.4. The maximum Gasteiger partial charge on any atom is 0.264 e. The van der Waals surface area contributed by atoms with E-state index in [0.717, 1.165) is 29.0 Å². The molecule has 1 fully saturated rings. The van der Waals surface area contributed by atoms with Crippen LogP contribution in [0.25, 0.3) is 6.08 Å². The number of hydrogen-bond donors (Lipinski definition) is 1. The van der Waals surface area contributed by atoms with Gasteiger partial charge in [-0.2, -0.15) is 0 Å². The molecular formula is C27H32N2O4S. The molecular weight excluding hydrogens is 448 g/mol. The van der Waals surface area contributed by atoms with Crippen molar-refractivity contribution >= 4 is 35.3 Å². The molecule has 0 unspecified atom stereocenters. The minimum atomic E-state index is -0.112. The Morgan fingerprint density at radius 1 is 1.09 bits per heavy atom. The van der Waals surface area contributed by atoms with Crippen molar-refractivity contribution in [1.82, 2.24) is 5.32 Å². The van der Waals surface area contributed by atoms with Crippen LogP contribution in [0.1, 0.15) is 49.0 Å². The lowest BCUT2D eigenvalue weighted by molar-refractivity contribution is -0.114. The maximum absolute atomic E-state index is 13.1. The van der Waals surface area contributed by atoms with Crippen LogP contribution in [0.2, 0.25) is 0 Å². The standard InChI is InChI=1S/C27H32N2O4S/c1-16-7-6-8-20(17(16)2)28-26(30)19-10-12-24-21(15-19)29(3)27(31)25(34-24)14-18-9-11-22(32-4)23(13-18)33-5/h9-17,20H,6-8H2,1-5H3,(H,28,30)/b25-14-/t16-,17+,20-/m1/s1. The zero-order valence-electron chi connectivity index (χ0n) is 20.4. The van der Waals surface area contributed by atoms with Crippen molar-refractivity contribution in [2.45, 2.75) is 44.0 Å². The molecule has 34 heavy (non-hydrogen) atoms. The van der Waals surface area contributed by atoms with Gasteiger partial charge in [0.15, 0.2) is 11.5 Å². The first-order chi connectivity index (χ1) is 16.3. The summed E-state index contributed by atoms with van der Waals surface area (Å²) in [6.07, 6.45) is 5.22. The lowest BCUT2D eigenvalue weighted by Crippen LogP contribution is -2.43. The number of anilines is 1. The van der Waals surface area contributed by atoms with Gasteiger partial charge in [-0.3, -0.25) is 9.59 Å². The summed E-state index contributed by atoms with van der Waals surface area (Å²) in [6, 6.07) is 11.3. The molecule has 2 aromatic carbocycles. The number of nitrogens with zero attached hydrogens (tertiary/aromatic N) is 1. The van der Waals surface area contributed by atoms with E-state index in [9.17, 15) is 9.59 Å². The average molecular weight is 481 g/mol. The van der Waals surface area contributed by atoms with Crippen LogP contribution in [-0.4, -0.2) is 39.1 Å². The summed E-state index contributed by atoms with van der Waals surface area (Å²) in [4.78, 5) is 29.3. The van der Waals surface area contributed by atoms with Crippen LogP contribution in [0.15, 0.2) is 46.2 Å². The van der Waals surface area contributed by atoms with Gasteiger partial charge in [-0.15, -0.1) is 0 Å². The summed E-state index contributed by atoms with van der Waals surface area (Å²) in [5.74, 6) is 2.12. The van der Waals surface area contributed by atoms with Crippen LogP contribution >= 0.6 is 11.8 Å². The fraction of sp³-hybridized carbons (Fsp3) is 0.407. The maximum atomic E-state index is 13.1. The monoisotopic (exact) mass is 480 g/mol. The Hall–Kier alpha value is -2.93. The molecule has 0 radical (unpaired) electrons. The largest absolute Gasteiger partial charge is 0.493 e. The molecule has 1 N–H and O–H groups in total. The van der Waals surface area contributed by atoms with Gasteiger partial charge in [0.05, 0.1) is 24.8 Å².